The van der Waals surface area contributed by atoms with Crippen molar-refractivity contribution < 1.29 is 0 Å². The lowest BCUT2D eigenvalue weighted by Crippen LogP contribution is -2.03. The van der Waals surface area contributed by atoms with E-state index in [9.17, 15) is 0 Å². The number of halogens is 3. The van der Waals surface area contributed by atoms with Crippen molar-refractivity contribution in [3.05, 3.63) is 51.9 Å². The first kappa shape index (κ1) is 14.6. The molecule has 1 atom stereocenters. The Morgan fingerprint density at radius 2 is 1.95 bits per heavy atom. The smallest absolute Gasteiger partial charge is 0.165 e. The van der Waals surface area contributed by atoms with E-state index in [1.807, 2.05) is 36.6 Å². The number of hydrogen-bond acceptors (Lipinski definition) is 2. The van der Waals surface area contributed by atoms with Crippen LogP contribution in [0.2, 0.25) is 10.0 Å². The van der Waals surface area contributed by atoms with Crippen molar-refractivity contribution >= 4 is 46.0 Å². The second kappa shape index (κ2) is 5.48. The van der Waals surface area contributed by atoms with E-state index >= 15 is 0 Å². The van der Waals surface area contributed by atoms with E-state index in [4.69, 9.17) is 34.8 Å². The molecule has 0 aliphatic heterocycles. The third kappa shape index (κ3) is 2.39. The largest absolute Gasteiger partial charge is 0.278 e. The van der Waals surface area contributed by atoms with Gasteiger partial charge in [-0.1, -0.05) is 29.3 Å². The number of benzene rings is 1. The molecule has 108 valence electrons. The van der Waals surface area contributed by atoms with Gasteiger partial charge in [0.25, 0.3) is 0 Å². The molecule has 1 unspecified atom stereocenters. The molecule has 0 fully saturated rings. The van der Waals surface area contributed by atoms with Gasteiger partial charge < -0.3 is 0 Å². The Bertz CT molecular complexity index is 824. The zero-order chi connectivity index (χ0) is 15.1. The predicted molar refractivity (Wildman–Crippen MR) is 87.9 cm³/mol. The maximum Gasteiger partial charge on any atom is 0.165 e. The van der Waals surface area contributed by atoms with Crippen molar-refractivity contribution in [3.8, 4) is 5.69 Å². The van der Waals surface area contributed by atoms with Gasteiger partial charge in [0.15, 0.2) is 5.65 Å². The Labute approximate surface area is 137 Å². The van der Waals surface area contributed by atoms with Gasteiger partial charge in [-0.3, -0.25) is 4.57 Å². The highest BCUT2D eigenvalue weighted by Crippen LogP contribution is 2.34. The Kier molecular flexibility index (Phi) is 3.82. The average Bonchev–Trinajstić information content (AvgIpc) is 2.83. The first-order chi connectivity index (χ1) is 10.0. The van der Waals surface area contributed by atoms with Crippen LogP contribution in [-0.4, -0.2) is 14.5 Å². The average molecular weight is 341 g/mol. The number of pyridine rings is 1. The van der Waals surface area contributed by atoms with Crippen molar-refractivity contribution in [2.75, 3.05) is 0 Å². The van der Waals surface area contributed by atoms with E-state index < -0.39 is 0 Å². The molecular weight excluding hydrogens is 329 g/mol. The first-order valence-corrected chi connectivity index (χ1v) is 7.62. The molecule has 0 aliphatic rings. The van der Waals surface area contributed by atoms with E-state index in [1.165, 1.54) is 0 Å². The van der Waals surface area contributed by atoms with Gasteiger partial charge in [0.2, 0.25) is 0 Å². The van der Waals surface area contributed by atoms with Gasteiger partial charge in [-0.05, 0) is 37.6 Å². The van der Waals surface area contributed by atoms with Crippen LogP contribution in [0, 0.1) is 6.92 Å². The molecule has 0 radical (unpaired) electrons. The van der Waals surface area contributed by atoms with E-state index in [0.717, 1.165) is 22.4 Å². The Hall–Kier alpha value is -1.29. The quantitative estimate of drug-likeness (QED) is 0.590. The lowest BCUT2D eigenvalue weighted by atomic mass is 10.2. The third-order valence-corrected chi connectivity index (χ3v) is 4.31. The van der Waals surface area contributed by atoms with Gasteiger partial charge >= 0.3 is 0 Å². The lowest BCUT2D eigenvalue weighted by molar-refractivity contribution is 0.877. The summed E-state index contributed by atoms with van der Waals surface area (Å²) in [5, 5.41) is 0.658. The fourth-order valence-corrected chi connectivity index (χ4v) is 2.81. The highest BCUT2D eigenvalue weighted by atomic mass is 35.5. The molecule has 1 aromatic carbocycles. The minimum atomic E-state index is -0.284. The van der Waals surface area contributed by atoms with Crippen LogP contribution in [0.5, 0.6) is 0 Å². The summed E-state index contributed by atoms with van der Waals surface area (Å²) in [4.78, 5) is 9.06. The van der Waals surface area contributed by atoms with Gasteiger partial charge in [0.1, 0.15) is 11.3 Å². The normalized spacial score (nSPS) is 12.8. The molecule has 0 amide bonds. The summed E-state index contributed by atoms with van der Waals surface area (Å²) in [6.07, 6.45) is 1.75. The Morgan fingerprint density at radius 3 is 2.67 bits per heavy atom. The Balaban J connectivity index is 2.43. The molecule has 21 heavy (non-hydrogen) atoms. The second-order valence-corrected chi connectivity index (χ2v) is 6.23. The van der Waals surface area contributed by atoms with Crippen LogP contribution in [-0.2, 0) is 0 Å². The maximum atomic E-state index is 6.35. The highest BCUT2D eigenvalue weighted by Gasteiger charge is 2.20. The first-order valence-electron chi connectivity index (χ1n) is 6.43. The zero-order valence-corrected chi connectivity index (χ0v) is 13.7. The summed E-state index contributed by atoms with van der Waals surface area (Å²) in [5.74, 6) is 0.692. The third-order valence-electron chi connectivity index (χ3n) is 3.30. The van der Waals surface area contributed by atoms with E-state index in [1.54, 1.807) is 12.3 Å². The van der Waals surface area contributed by atoms with Crippen LogP contribution in [0.4, 0.5) is 0 Å². The molecule has 0 spiro atoms. The monoisotopic (exact) mass is 339 g/mol. The number of fused-ring (bicyclic) bond motifs is 1. The van der Waals surface area contributed by atoms with E-state index in [-0.39, 0.29) is 5.38 Å². The van der Waals surface area contributed by atoms with E-state index in [2.05, 4.69) is 9.97 Å². The van der Waals surface area contributed by atoms with Crippen molar-refractivity contribution in [2.45, 2.75) is 19.2 Å². The maximum absolute atomic E-state index is 6.35. The summed E-state index contributed by atoms with van der Waals surface area (Å²) >= 11 is 18.8. The highest BCUT2D eigenvalue weighted by molar-refractivity contribution is 6.43. The van der Waals surface area contributed by atoms with Crippen LogP contribution in [0.1, 0.15) is 23.7 Å². The molecule has 2 aromatic heterocycles. The molecule has 3 rings (SSSR count). The summed E-state index contributed by atoms with van der Waals surface area (Å²) < 4.78 is 1.87. The number of hydrogen-bond donors (Lipinski definition) is 0. The minimum absolute atomic E-state index is 0.284. The number of imidazole rings is 1. The van der Waals surface area contributed by atoms with Crippen LogP contribution in [0.25, 0.3) is 16.9 Å². The molecule has 6 heteroatoms. The van der Waals surface area contributed by atoms with E-state index in [0.29, 0.717) is 15.9 Å². The SMILES string of the molecule is Cc1ccnc2c1nc(C(C)Cl)n2-c1cccc(Cl)c1Cl. The van der Waals surface area contributed by atoms with Gasteiger partial charge in [0.05, 0.1) is 21.1 Å². The van der Waals surface area contributed by atoms with Crippen LogP contribution in [0.3, 0.4) is 0 Å². The number of nitrogens with zero attached hydrogens (tertiary/aromatic N) is 3. The van der Waals surface area contributed by atoms with Crippen LogP contribution < -0.4 is 0 Å². The molecule has 3 aromatic rings. The van der Waals surface area contributed by atoms with Gasteiger partial charge in [-0.25, -0.2) is 9.97 Å². The molecule has 0 aliphatic carbocycles. The number of aryl methyl sites for hydroxylation is 1. The van der Waals surface area contributed by atoms with Crippen molar-refractivity contribution in [2.24, 2.45) is 0 Å². The summed E-state index contributed by atoms with van der Waals surface area (Å²) in [5.41, 5.74) is 3.31. The van der Waals surface area contributed by atoms with Crippen molar-refractivity contribution in [1.29, 1.82) is 0 Å². The molecule has 2 heterocycles. The van der Waals surface area contributed by atoms with Crippen LogP contribution in [0.15, 0.2) is 30.5 Å². The van der Waals surface area contributed by atoms with Crippen molar-refractivity contribution in [3.63, 3.8) is 0 Å². The number of alkyl halides is 1. The fraction of sp³-hybridized carbons (Fsp3) is 0.200. The Morgan fingerprint density at radius 1 is 1.19 bits per heavy atom. The molecule has 0 saturated carbocycles. The molecule has 0 N–H and O–H groups in total. The zero-order valence-electron chi connectivity index (χ0n) is 11.4. The molecular formula is C15H12Cl3N3. The van der Waals surface area contributed by atoms with Gasteiger partial charge in [0, 0.05) is 6.20 Å². The lowest BCUT2D eigenvalue weighted by Gasteiger charge is -2.12. The van der Waals surface area contributed by atoms with Crippen LogP contribution >= 0.6 is 34.8 Å². The van der Waals surface area contributed by atoms with Gasteiger partial charge in [-0.15, -0.1) is 11.6 Å². The molecule has 3 nitrogen and oxygen atoms in total. The predicted octanol–water partition coefficient (Wildman–Crippen LogP) is 5.34. The topological polar surface area (TPSA) is 30.7 Å². The van der Waals surface area contributed by atoms with Gasteiger partial charge in [-0.2, -0.15) is 0 Å². The second-order valence-electron chi connectivity index (χ2n) is 4.79. The standard InChI is InChI=1S/C15H12Cl3N3/c1-8-6-7-19-15-13(8)20-14(9(2)16)21(15)11-5-3-4-10(17)12(11)18/h3-7,9H,1-2H3. The summed E-state index contributed by atoms with van der Waals surface area (Å²) in [7, 11) is 0. The van der Waals surface area contributed by atoms with Crippen molar-refractivity contribution in [1.82, 2.24) is 14.5 Å². The summed E-state index contributed by atoms with van der Waals surface area (Å²) in [6, 6.07) is 7.38. The fourth-order valence-electron chi connectivity index (χ4n) is 2.28. The molecule has 0 bridgehead atoms. The number of rotatable bonds is 2. The number of aromatic nitrogens is 3. The minimum Gasteiger partial charge on any atom is -0.278 e. The molecule has 0 saturated heterocycles. The summed E-state index contributed by atoms with van der Waals surface area (Å²) in [6.45, 7) is 3.86.